The van der Waals surface area contributed by atoms with Crippen LogP contribution in [0.15, 0.2) is 42.5 Å². The molecule has 2 rings (SSSR count). The van der Waals surface area contributed by atoms with Crippen LogP contribution in [0.5, 0.6) is 11.5 Å². The third-order valence-electron chi connectivity index (χ3n) is 3.11. The molecule has 0 radical (unpaired) electrons. The lowest BCUT2D eigenvalue weighted by Crippen LogP contribution is -2.34. The first kappa shape index (κ1) is 20.6. The standard InChI is InChI=1S/C15H13ClFN2O7P/c1-9(15(20)21)18-27(24,26-14-7-2-10(16)8-13(14)17)25-12-5-3-11(4-6-12)19(22)23/h2-9H,1H3,(H,18,24)(H,20,21)/t9-,27?/m0/s1. The van der Waals surface area contributed by atoms with Crippen LogP contribution in [0, 0.1) is 15.9 Å². The van der Waals surface area contributed by atoms with E-state index in [1.807, 2.05) is 0 Å². The van der Waals surface area contributed by atoms with E-state index in [1.165, 1.54) is 13.0 Å². The minimum atomic E-state index is -4.44. The van der Waals surface area contributed by atoms with Gasteiger partial charge in [0.05, 0.1) is 4.92 Å². The normalized spacial score (nSPS) is 14.0. The van der Waals surface area contributed by atoms with Crippen molar-refractivity contribution in [2.24, 2.45) is 0 Å². The summed E-state index contributed by atoms with van der Waals surface area (Å²) in [4.78, 5) is 21.1. The van der Waals surface area contributed by atoms with E-state index in [-0.39, 0.29) is 16.5 Å². The fourth-order valence-electron chi connectivity index (χ4n) is 1.81. The predicted molar refractivity (Wildman–Crippen MR) is 93.6 cm³/mol. The molecule has 1 unspecified atom stereocenters. The van der Waals surface area contributed by atoms with Gasteiger partial charge in [-0.15, -0.1) is 0 Å². The number of nitro benzene ring substituents is 1. The van der Waals surface area contributed by atoms with Gasteiger partial charge in [-0.3, -0.25) is 14.9 Å². The number of benzene rings is 2. The van der Waals surface area contributed by atoms with E-state index in [4.69, 9.17) is 25.8 Å². The van der Waals surface area contributed by atoms with Crippen LogP contribution in [0.2, 0.25) is 5.02 Å². The Morgan fingerprint density at radius 1 is 1.30 bits per heavy atom. The molecule has 12 heteroatoms. The van der Waals surface area contributed by atoms with Crippen molar-refractivity contribution in [1.82, 2.24) is 5.09 Å². The number of non-ortho nitro benzene ring substituents is 1. The number of hydrogen-bond donors (Lipinski definition) is 2. The van der Waals surface area contributed by atoms with Gasteiger partial charge in [-0.25, -0.2) is 8.96 Å². The zero-order chi connectivity index (χ0) is 20.2. The lowest BCUT2D eigenvalue weighted by atomic mass is 10.3. The average molecular weight is 419 g/mol. The molecule has 0 saturated carbocycles. The smallest absolute Gasteiger partial charge is 0.480 e. The molecule has 2 atom stereocenters. The minimum absolute atomic E-state index is 0.0674. The highest BCUT2D eigenvalue weighted by molar-refractivity contribution is 7.52. The van der Waals surface area contributed by atoms with Crippen LogP contribution in [-0.2, 0) is 9.36 Å². The highest BCUT2D eigenvalue weighted by Crippen LogP contribution is 2.46. The van der Waals surface area contributed by atoms with Gasteiger partial charge < -0.3 is 14.2 Å². The number of nitro groups is 1. The Morgan fingerprint density at radius 2 is 1.93 bits per heavy atom. The fraction of sp³-hybridized carbons (Fsp3) is 0.133. The molecule has 0 aliphatic carbocycles. The number of carboxylic acid groups (broad SMARTS) is 1. The molecule has 0 aromatic heterocycles. The lowest BCUT2D eigenvalue weighted by molar-refractivity contribution is -0.384. The topological polar surface area (TPSA) is 128 Å². The Bertz CT molecular complexity index is 910. The molecular weight excluding hydrogens is 406 g/mol. The van der Waals surface area contributed by atoms with Gasteiger partial charge in [0.15, 0.2) is 11.6 Å². The molecule has 0 bridgehead atoms. The van der Waals surface area contributed by atoms with E-state index in [0.29, 0.717) is 0 Å². The summed E-state index contributed by atoms with van der Waals surface area (Å²) < 4.78 is 37.2. The number of rotatable bonds is 8. The maximum Gasteiger partial charge on any atom is 0.513 e. The van der Waals surface area contributed by atoms with E-state index in [1.54, 1.807) is 0 Å². The Kier molecular flexibility index (Phi) is 6.37. The van der Waals surface area contributed by atoms with Gasteiger partial charge >= 0.3 is 13.7 Å². The first-order valence-electron chi connectivity index (χ1n) is 7.29. The Morgan fingerprint density at radius 3 is 2.44 bits per heavy atom. The van der Waals surface area contributed by atoms with Crippen molar-refractivity contribution in [1.29, 1.82) is 0 Å². The molecule has 0 aliphatic heterocycles. The number of aliphatic carboxylic acids is 1. The summed E-state index contributed by atoms with van der Waals surface area (Å²) >= 11 is 5.64. The van der Waals surface area contributed by atoms with E-state index in [9.17, 15) is 23.9 Å². The molecule has 0 heterocycles. The molecule has 0 spiro atoms. The van der Waals surface area contributed by atoms with Crippen molar-refractivity contribution in [3.05, 3.63) is 63.4 Å². The molecule has 2 aromatic rings. The Labute approximate surface area is 157 Å². The number of halogens is 2. The van der Waals surface area contributed by atoms with Gasteiger partial charge in [0.2, 0.25) is 0 Å². The molecule has 0 amide bonds. The van der Waals surface area contributed by atoms with Gasteiger partial charge in [0, 0.05) is 17.2 Å². The zero-order valence-corrected chi connectivity index (χ0v) is 15.3. The third-order valence-corrected chi connectivity index (χ3v) is 4.93. The summed E-state index contributed by atoms with van der Waals surface area (Å²) in [5.74, 6) is -2.92. The predicted octanol–water partition coefficient (Wildman–Crippen LogP) is 4.02. The van der Waals surface area contributed by atoms with E-state index in [0.717, 1.165) is 36.4 Å². The van der Waals surface area contributed by atoms with Crippen LogP contribution in [-0.4, -0.2) is 22.0 Å². The molecule has 27 heavy (non-hydrogen) atoms. The van der Waals surface area contributed by atoms with E-state index >= 15 is 0 Å². The summed E-state index contributed by atoms with van der Waals surface area (Å²) in [5.41, 5.74) is -0.242. The van der Waals surface area contributed by atoms with Crippen molar-refractivity contribution in [3.8, 4) is 11.5 Å². The fourth-order valence-corrected chi connectivity index (χ4v) is 3.50. The van der Waals surface area contributed by atoms with Crippen LogP contribution in [0.4, 0.5) is 10.1 Å². The molecule has 2 aromatic carbocycles. The molecule has 0 fully saturated rings. The summed E-state index contributed by atoms with van der Waals surface area (Å²) in [6.45, 7) is 1.18. The monoisotopic (exact) mass is 418 g/mol. The van der Waals surface area contributed by atoms with Crippen LogP contribution in [0.3, 0.4) is 0 Å². The second-order valence-corrected chi connectivity index (χ2v) is 7.25. The first-order valence-corrected chi connectivity index (χ1v) is 9.21. The van der Waals surface area contributed by atoms with E-state index in [2.05, 4.69) is 5.09 Å². The van der Waals surface area contributed by atoms with Gasteiger partial charge in [-0.2, -0.15) is 5.09 Å². The second-order valence-electron chi connectivity index (χ2n) is 5.19. The van der Waals surface area contributed by atoms with Crippen LogP contribution < -0.4 is 14.1 Å². The largest absolute Gasteiger partial charge is 0.513 e. The Balaban J connectivity index is 2.32. The molecular formula is C15H13ClFN2O7P. The number of carbonyl (C=O) groups is 1. The summed E-state index contributed by atoms with van der Waals surface area (Å²) in [6.07, 6.45) is 0. The molecule has 0 saturated heterocycles. The van der Waals surface area contributed by atoms with Crippen LogP contribution in [0.1, 0.15) is 6.92 Å². The van der Waals surface area contributed by atoms with Crippen molar-refractivity contribution in [2.75, 3.05) is 0 Å². The van der Waals surface area contributed by atoms with Crippen molar-refractivity contribution >= 4 is 31.0 Å². The van der Waals surface area contributed by atoms with Gasteiger partial charge in [0.25, 0.3) is 5.69 Å². The maximum atomic E-state index is 14.0. The maximum absolute atomic E-state index is 14.0. The van der Waals surface area contributed by atoms with Gasteiger partial charge in [-0.05, 0) is 37.3 Å². The van der Waals surface area contributed by atoms with Crippen LogP contribution >= 0.6 is 19.3 Å². The second kappa shape index (κ2) is 8.34. The summed E-state index contributed by atoms with van der Waals surface area (Å²) in [6, 6.07) is 6.36. The van der Waals surface area contributed by atoms with Crippen LogP contribution in [0.25, 0.3) is 0 Å². The number of carboxylic acids is 1. The van der Waals surface area contributed by atoms with Gasteiger partial charge in [-0.1, -0.05) is 11.6 Å². The quantitative estimate of drug-likeness (QED) is 0.374. The minimum Gasteiger partial charge on any atom is -0.480 e. The third kappa shape index (κ3) is 5.65. The zero-order valence-electron chi connectivity index (χ0n) is 13.7. The number of nitrogens with one attached hydrogen (secondary N) is 1. The van der Waals surface area contributed by atoms with Gasteiger partial charge in [0.1, 0.15) is 11.8 Å². The molecule has 9 nitrogen and oxygen atoms in total. The molecule has 144 valence electrons. The highest BCUT2D eigenvalue weighted by Gasteiger charge is 2.34. The number of nitrogens with zero attached hydrogens (tertiary/aromatic N) is 1. The first-order chi connectivity index (χ1) is 12.6. The Hall–Kier alpha value is -2.68. The van der Waals surface area contributed by atoms with E-state index < -0.39 is 36.2 Å². The summed E-state index contributed by atoms with van der Waals surface area (Å²) in [7, 11) is -4.44. The molecule has 2 N–H and O–H groups in total. The number of hydrogen-bond acceptors (Lipinski definition) is 6. The van der Waals surface area contributed by atoms with Crippen molar-refractivity contribution in [2.45, 2.75) is 13.0 Å². The van der Waals surface area contributed by atoms with Crippen molar-refractivity contribution < 1.29 is 32.8 Å². The average Bonchev–Trinajstić information content (AvgIpc) is 2.57. The highest BCUT2D eigenvalue weighted by atomic mass is 35.5. The summed E-state index contributed by atoms with van der Waals surface area (Å²) in [5, 5.41) is 21.9. The molecule has 0 aliphatic rings. The van der Waals surface area contributed by atoms with Crippen molar-refractivity contribution in [3.63, 3.8) is 0 Å². The lowest BCUT2D eigenvalue weighted by Gasteiger charge is -2.22. The SMILES string of the molecule is C[C@H](NP(=O)(Oc1ccc([N+](=O)[O-])cc1)Oc1ccc(Cl)cc1F)C(=O)O.